The van der Waals surface area contributed by atoms with Crippen LogP contribution in [0.2, 0.25) is 0 Å². The van der Waals surface area contributed by atoms with Crippen molar-refractivity contribution in [3.8, 4) is 0 Å². The van der Waals surface area contributed by atoms with Crippen LogP contribution in [-0.4, -0.2) is 47.5 Å². The topological polar surface area (TPSA) is 118 Å². The van der Waals surface area contributed by atoms with Crippen LogP contribution in [0.1, 0.15) is 26.7 Å². The smallest absolute Gasteiger partial charge is 0.211 e. The lowest BCUT2D eigenvalue weighted by Gasteiger charge is -2.25. The molecule has 0 saturated carbocycles. The molecular weight excluding hydrogens is 278 g/mol. The zero-order valence-electron chi connectivity index (χ0n) is 11.1. The van der Waals surface area contributed by atoms with Crippen LogP contribution in [0.5, 0.6) is 0 Å². The van der Waals surface area contributed by atoms with Crippen molar-refractivity contribution in [2.45, 2.75) is 32.2 Å². The minimum atomic E-state index is -3.38. The SMILES string of the molecule is CC(C)(CNS(=O)(=O)CCCCN)NS(C)(=O)=O. The van der Waals surface area contributed by atoms with E-state index in [1.165, 1.54) is 0 Å². The minimum Gasteiger partial charge on any atom is -0.330 e. The van der Waals surface area contributed by atoms with Gasteiger partial charge in [-0.3, -0.25) is 0 Å². The average molecular weight is 301 g/mol. The first-order valence-electron chi connectivity index (χ1n) is 5.64. The number of unbranched alkanes of at least 4 members (excludes halogenated alkanes) is 1. The molecule has 0 fully saturated rings. The molecular formula is C9H23N3O4S2. The van der Waals surface area contributed by atoms with Crippen LogP contribution < -0.4 is 15.2 Å². The minimum absolute atomic E-state index is 0.000838. The monoisotopic (exact) mass is 301 g/mol. The molecule has 0 atom stereocenters. The van der Waals surface area contributed by atoms with Gasteiger partial charge in [-0.15, -0.1) is 0 Å². The maximum Gasteiger partial charge on any atom is 0.211 e. The number of nitrogens with two attached hydrogens (primary N) is 1. The normalized spacial score (nSPS) is 13.8. The van der Waals surface area contributed by atoms with Crippen molar-refractivity contribution in [2.24, 2.45) is 5.73 Å². The van der Waals surface area contributed by atoms with Crippen molar-refractivity contribution in [1.82, 2.24) is 9.44 Å². The van der Waals surface area contributed by atoms with E-state index in [0.717, 1.165) is 6.26 Å². The Balaban J connectivity index is 4.30. The summed E-state index contributed by atoms with van der Waals surface area (Å²) in [6.45, 7) is 3.68. The molecule has 0 aliphatic carbocycles. The molecule has 0 aliphatic heterocycles. The van der Waals surface area contributed by atoms with Gasteiger partial charge in [0.25, 0.3) is 0 Å². The van der Waals surface area contributed by atoms with Crippen LogP contribution >= 0.6 is 0 Å². The lowest BCUT2D eigenvalue weighted by atomic mass is 10.1. The van der Waals surface area contributed by atoms with Gasteiger partial charge >= 0.3 is 0 Å². The fourth-order valence-corrected chi connectivity index (χ4v) is 3.72. The van der Waals surface area contributed by atoms with Crippen LogP contribution in [0, 0.1) is 0 Å². The highest BCUT2D eigenvalue weighted by molar-refractivity contribution is 7.89. The van der Waals surface area contributed by atoms with Gasteiger partial charge < -0.3 is 5.73 Å². The van der Waals surface area contributed by atoms with E-state index in [-0.39, 0.29) is 12.3 Å². The number of hydrogen-bond acceptors (Lipinski definition) is 5. The third kappa shape index (κ3) is 9.77. The molecule has 0 bridgehead atoms. The molecule has 9 heteroatoms. The van der Waals surface area contributed by atoms with E-state index in [9.17, 15) is 16.8 Å². The van der Waals surface area contributed by atoms with Crippen molar-refractivity contribution in [3.05, 3.63) is 0 Å². The lowest BCUT2D eigenvalue weighted by Crippen LogP contribution is -2.51. The molecule has 0 amide bonds. The molecule has 0 spiro atoms. The Morgan fingerprint density at radius 2 is 1.67 bits per heavy atom. The van der Waals surface area contributed by atoms with E-state index >= 15 is 0 Å². The van der Waals surface area contributed by atoms with E-state index in [4.69, 9.17) is 5.73 Å². The second kappa shape index (κ2) is 6.80. The lowest BCUT2D eigenvalue weighted by molar-refractivity contribution is 0.445. The number of sulfonamides is 2. The standard InChI is InChI=1S/C9H23N3O4S2/c1-9(2,12-17(3,13)14)8-11-18(15,16)7-5-4-6-10/h11-12H,4-8,10H2,1-3H3. The molecule has 0 rings (SSSR count). The Hall–Kier alpha value is -0.220. The molecule has 0 aromatic carbocycles. The van der Waals surface area contributed by atoms with Crippen molar-refractivity contribution in [2.75, 3.05) is 25.1 Å². The summed E-state index contributed by atoms with van der Waals surface area (Å²) in [6.07, 6.45) is 2.17. The molecule has 0 aliphatic rings. The molecule has 0 aromatic heterocycles. The molecule has 0 saturated heterocycles. The maximum atomic E-state index is 11.6. The molecule has 18 heavy (non-hydrogen) atoms. The van der Waals surface area contributed by atoms with Crippen LogP contribution in [-0.2, 0) is 20.0 Å². The first kappa shape index (κ1) is 17.8. The molecule has 110 valence electrons. The van der Waals surface area contributed by atoms with E-state index in [1.807, 2.05) is 0 Å². The van der Waals surface area contributed by atoms with Crippen molar-refractivity contribution < 1.29 is 16.8 Å². The fraction of sp³-hybridized carbons (Fsp3) is 1.00. The second-order valence-corrected chi connectivity index (χ2v) is 8.57. The van der Waals surface area contributed by atoms with Gasteiger partial charge in [0, 0.05) is 12.1 Å². The largest absolute Gasteiger partial charge is 0.330 e. The van der Waals surface area contributed by atoms with E-state index in [2.05, 4.69) is 9.44 Å². The van der Waals surface area contributed by atoms with E-state index in [0.29, 0.717) is 19.4 Å². The van der Waals surface area contributed by atoms with Crippen LogP contribution in [0.15, 0.2) is 0 Å². The molecule has 0 heterocycles. The third-order valence-corrected chi connectivity index (χ3v) is 4.40. The number of hydrogen-bond donors (Lipinski definition) is 3. The van der Waals surface area contributed by atoms with Crippen molar-refractivity contribution in [3.63, 3.8) is 0 Å². The van der Waals surface area contributed by atoms with Gasteiger partial charge in [0.05, 0.1) is 12.0 Å². The quantitative estimate of drug-likeness (QED) is 0.471. The summed E-state index contributed by atoms with van der Waals surface area (Å²) in [5, 5.41) is 0. The highest BCUT2D eigenvalue weighted by atomic mass is 32.2. The summed E-state index contributed by atoms with van der Waals surface area (Å²) in [6, 6.07) is 0. The molecule has 0 aromatic rings. The molecule has 4 N–H and O–H groups in total. The number of nitrogens with one attached hydrogen (secondary N) is 2. The number of rotatable bonds is 9. The van der Waals surface area contributed by atoms with Crippen LogP contribution in [0.4, 0.5) is 0 Å². The Labute approximate surface area is 110 Å². The van der Waals surface area contributed by atoms with Gasteiger partial charge in [0.15, 0.2) is 0 Å². The van der Waals surface area contributed by atoms with Crippen molar-refractivity contribution in [1.29, 1.82) is 0 Å². The summed E-state index contributed by atoms with van der Waals surface area (Å²) < 4.78 is 50.1. The summed E-state index contributed by atoms with van der Waals surface area (Å²) >= 11 is 0. The zero-order valence-corrected chi connectivity index (χ0v) is 12.7. The molecule has 0 radical (unpaired) electrons. The van der Waals surface area contributed by atoms with Gasteiger partial charge in [-0.1, -0.05) is 0 Å². The van der Waals surface area contributed by atoms with Gasteiger partial charge in [-0.2, -0.15) is 0 Å². The predicted molar refractivity (Wildman–Crippen MR) is 72.1 cm³/mol. The third-order valence-electron chi connectivity index (χ3n) is 2.06. The summed E-state index contributed by atoms with van der Waals surface area (Å²) in [4.78, 5) is 0. The Kier molecular flexibility index (Phi) is 6.72. The average Bonchev–Trinajstić information content (AvgIpc) is 2.12. The molecule has 0 unspecified atom stereocenters. The van der Waals surface area contributed by atoms with Crippen molar-refractivity contribution >= 4 is 20.0 Å². The first-order chi connectivity index (χ1) is 7.97. The zero-order chi connectivity index (χ0) is 14.4. The van der Waals surface area contributed by atoms with Crippen LogP contribution in [0.3, 0.4) is 0 Å². The van der Waals surface area contributed by atoms with Gasteiger partial charge in [-0.25, -0.2) is 26.3 Å². The van der Waals surface area contributed by atoms with Gasteiger partial charge in [0.2, 0.25) is 20.0 Å². The fourth-order valence-electron chi connectivity index (χ4n) is 1.34. The van der Waals surface area contributed by atoms with Crippen LogP contribution in [0.25, 0.3) is 0 Å². The highest BCUT2D eigenvalue weighted by Crippen LogP contribution is 2.03. The van der Waals surface area contributed by atoms with E-state index in [1.54, 1.807) is 13.8 Å². The summed E-state index contributed by atoms with van der Waals surface area (Å²) in [7, 11) is -6.75. The Bertz CT molecular complexity index is 442. The summed E-state index contributed by atoms with van der Waals surface area (Å²) in [5.41, 5.74) is 4.41. The predicted octanol–water partition coefficient (Wildman–Crippen LogP) is -1.03. The Morgan fingerprint density at radius 3 is 2.11 bits per heavy atom. The Morgan fingerprint density at radius 1 is 1.11 bits per heavy atom. The molecule has 7 nitrogen and oxygen atoms in total. The maximum absolute atomic E-state index is 11.6. The van der Waals surface area contributed by atoms with Gasteiger partial charge in [0.1, 0.15) is 0 Å². The first-order valence-corrected chi connectivity index (χ1v) is 9.18. The second-order valence-electron chi connectivity index (χ2n) is 4.89. The van der Waals surface area contributed by atoms with E-state index < -0.39 is 25.6 Å². The van der Waals surface area contributed by atoms with Gasteiger partial charge in [-0.05, 0) is 33.2 Å². The summed E-state index contributed by atoms with van der Waals surface area (Å²) in [5.74, 6) is -0.000838. The highest BCUT2D eigenvalue weighted by Gasteiger charge is 2.24.